The number of anilines is 1. The highest BCUT2D eigenvalue weighted by atomic mass is 16.1. The second kappa shape index (κ2) is 5.01. The van der Waals surface area contributed by atoms with Crippen LogP contribution in [0.5, 0.6) is 0 Å². The Labute approximate surface area is 122 Å². The van der Waals surface area contributed by atoms with Gasteiger partial charge in [0.15, 0.2) is 5.65 Å². The Kier molecular flexibility index (Phi) is 3.17. The SMILES string of the molecule is Cc1nc2c(C)cc(NC(=O)c3ccccc3C)cn2n1. The molecule has 0 aliphatic rings. The first-order valence-electron chi connectivity index (χ1n) is 6.75. The lowest BCUT2D eigenvalue weighted by Gasteiger charge is -2.08. The molecular formula is C16H16N4O. The number of nitrogens with zero attached hydrogens (tertiary/aromatic N) is 3. The van der Waals surface area contributed by atoms with Crippen molar-refractivity contribution in [3.63, 3.8) is 0 Å². The van der Waals surface area contributed by atoms with E-state index in [1.807, 2.05) is 51.1 Å². The fraction of sp³-hybridized carbons (Fsp3) is 0.188. The lowest BCUT2D eigenvalue weighted by molar-refractivity contribution is 0.102. The van der Waals surface area contributed by atoms with E-state index < -0.39 is 0 Å². The predicted molar refractivity (Wildman–Crippen MR) is 81.6 cm³/mol. The van der Waals surface area contributed by atoms with Gasteiger partial charge in [0.1, 0.15) is 5.82 Å². The number of carbonyl (C=O) groups excluding carboxylic acids is 1. The maximum atomic E-state index is 12.3. The molecule has 0 saturated heterocycles. The number of rotatable bonds is 2. The average molecular weight is 280 g/mol. The maximum Gasteiger partial charge on any atom is 0.255 e. The molecular weight excluding hydrogens is 264 g/mol. The highest BCUT2D eigenvalue weighted by Crippen LogP contribution is 2.17. The van der Waals surface area contributed by atoms with Crippen LogP contribution in [0.15, 0.2) is 36.5 Å². The minimum absolute atomic E-state index is 0.122. The van der Waals surface area contributed by atoms with Crippen LogP contribution in [0.3, 0.4) is 0 Å². The molecule has 0 spiro atoms. The zero-order chi connectivity index (χ0) is 15.0. The molecule has 5 nitrogen and oxygen atoms in total. The van der Waals surface area contributed by atoms with Crippen molar-refractivity contribution in [2.75, 3.05) is 5.32 Å². The molecule has 3 aromatic rings. The molecule has 106 valence electrons. The third-order valence-electron chi connectivity index (χ3n) is 3.37. The molecule has 0 aliphatic heterocycles. The first-order chi connectivity index (χ1) is 10.0. The maximum absolute atomic E-state index is 12.3. The molecule has 3 rings (SSSR count). The third-order valence-corrected chi connectivity index (χ3v) is 3.37. The van der Waals surface area contributed by atoms with Gasteiger partial charge in [-0.25, -0.2) is 9.50 Å². The zero-order valence-corrected chi connectivity index (χ0v) is 12.2. The van der Waals surface area contributed by atoms with Gasteiger partial charge < -0.3 is 5.32 Å². The molecule has 1 amide bonds. The van der Waals surface area contributed by atoms with Crippen LogP contribution in [0.1, 0.15) is 27.3 Å². The Hall–Kier alpha value is -2.69. The van der Waals surface area contributed by atoms with E-state index in [1.165, 1.54) is 0 Å². The number of carbonyl (C=O) groups is 1. The van der Waals surface area contributed by atoms with Crippen molar-refractivity contribution in [1.29, 1.82) is 0 Å². The molecule has 0 unspecified atom stereocenters. The van der Waals surface area contributed by atoms with E-state index in [-0.39, 0.29) is 5.91 Å². The number of amides is 1. The number of hydrogen-bond donors (Lipinski definition) is 1. The minimum atomic E-state index is -0.122. The summed E-state index contributed by atoms with van der Waals surface area (Å²) in [6, 6.07) is 9.41. The molecule has 5 heteroatoms. The summed E-state index contributed by atoms with van der Waals surface area (Å²) in [5, 5.41) is 7.20. The van der Waals surface area contributed by atoms with Gasteiger partial charge in [-0.1, -0.05) is 18.2 Å². The van der Waals surface area contributed by atoms with Crippen LogP contribution in [0.2, 0.25) is 0 Å². The monoisotopic (exact) mass is 280 g/mol. The van der Waals surface area contributed by atoms with Crippen LogP contribution in [0.25, 0.3) is 5.65 Å². The Bertz CT molecular complexity index is 835. The van der Waals surface area contributed by atoms with Crippen LogP contribution in [-0.4, -0.2) is 20.5 Å². The van der Waals surface area contributed by atoms with Gasteiger partial charge in [0, 0.05) is 5.56 Å². The normalized spacial score (nSPS) is 10.8. The topological polar surface area (TPSA) is 59.3 Å². The number of nitrogens with one attached hydrogen (secondary N) is 1. The molecule has 2 heterocycles. The van der Waals surface area contributed by atoms with Crippen molar-refractivity contribution < 1.29 is 4.79 Å². The van der Waals surface area contributed by atoms with Crippen LogP contribution >= 0.6 is 0 Å². The Balaban J connectivity index is 1.95. The van der Waals surface area contributed by atoms with E-state index in [9.17, 15) is 4.79 Å². The summed E-state index contributed by atoms with van der Waals surface area (Å²) < 4.78 is 1.69. The number of aromatic nitrogens is 3. The molecule has 21 heavy (non-hydrogen) atoms. The number of fused-ring (bicyclic) bond motifs is 1. The van der Waals surface area contributed by atoms with Crippen LogP contribution in [0, 0.1) is 20.8 Å². The van der Waals surface area contributed by atoms with E-state index >= 15 is 0 Å². The Morgan fingerprint density at radius 1 is 1.14 bits per heavy atom. The highest BCUT2D eigenvalue weighted by Gasteiger charge is 2.11. The number of benzene rings is 1. The predicted octanol–water partition coefficient (Wildman–Crippen LogP) is 2.91. The molecule has 0 aliphatic carbocycles. The van der Waals surface area contributed by atoms with E-state index in [1.54, 1.807) is 10.7 Å². The standard InChI is InChI=1S/C16H16N4O/c1-10-6-4-5-7-14(10)16(21)18-13-8-11(2)15-17-12(3)19-20(15)9-13/h4-9H,1-3H3,(H,18,21). The number of aryl methyl sites for hydroxylation is 3. The number of pyridine rings is 1. The van der Waals surface area contributed by atoms with Gasteiger partial charge in [-0.05, 0) is 44.0 Å². The van der Waals surface area contributed by atoms with Crippen molar-refractivity contribution in [3.8, 4) is 0 Å². The molecule has 0 bridgehead atoms. The van der Waals surface area contributed by atoms with Crippen molar-refractivity contribution in [3.05, 3.63) is 59.0 Å². The summed E-state index contributed by atoms with van der Waals surface area (Å²) in [5.41, 5.74) is 4.10. The zero-order valence-electron chi connectivity index (χ0n) is 12.2. The average Bonchev–Trinajstić information content (AvgIpc) is 2.80. The van der Waals surface area contributed by atoms with Crippen molar-refractivity contribution >= 4 is 17.2 Å². The molecule has 0 radical (unpaired) electrons. The van der Waals surface area contributed by atoms with Gasteiger partial charge in [0.05, 0.1) is 11.9 Å². The second-order valence-electron chi connectivity index (χ2n) is 5.11. The summed E-state index contributed by atoms with van der Waals surface area (Å²) >= 11 is 0. The summed E-state index contributed by atoms with van der Waals surface area (Å²) in [5.74, 6) is 0.587. The summed E-state index contributed by atoms with van der Waals surface area (Å²) in [4.78, 5) is 16.7. The quantitative estimate of drug-likeness (QED) is 0.785. The van der Waals surface area contributed by atoms with Gasteiger partial charge >= 0.3 is 0 Å². The van der Waals surface area contributed by atoms with E-state index in [2.05, 4.69) is 15.4 Å². The largest absolute Gasteiger partial charge is 0.321 e. The third kappa shape index (κ3) is 2.50. The van der Waals surface area contributed by atoms with E-state index in [0.717, 1.165) is 16.8 Å². The first kappa shape index (κ1) is 13.3. The van der Waals surface area contributed by atoms with Crippen molar-refractivity contribution in [1.82, 2.24) is 14.6 Å². The van der Waals surface area contributed by atoms with Gasteiger partial charge in [-0.15, -0.1) is 0 Å². The van der Waals surface area contributed by atoms with Gasteiger partial charge in [-0.3, -0.25) is 4.79 Å². The van der Waals surface area contributed by atoms with Crippen LogP contribution in [0.4, 0.5) is 5.69 Å². The van der Waals surface area contributed by atoms with Crippen molar-refractivity contribution in [2.24, 2.45) is 0 Å². The highest BCUT2D eigenvalue weighted by molar-refractivity contribution is 6.05. The lowest BCUT2D eigenvalue weighted by Crippen LogP contribution is -2.14. The molecule has 0 atom stereocenters. The smallest absolute Gasteiger partial charge is 0.255 e. The van der Waals surface area contributed by atoms with Gasteiger partial charge in [0.25, 0.3) is 5.91 Å². The number of hydrogen-bond acceptors (Lipinski definition) is 3. The lowest BCUT2D eigenvalue weighted by atomic mass is 10.1. The van der Waals surface area contributed by atoms with Crippen LogP contribution in [-0.2, 0) is 0 Å². The summed E-state index contributed by atoms with van der Waals surface area (Å²) in [6.45, 7) is 5.72. The fourth-order valence-electron chi connectivity index (χ4n) is 2.35. The molecule has 0 fully saturated rings. The van der Waals surface area contributed by atoms with Crippen LogP contribution < -0.4 is 5.32 Å². The first-order valence-corrected chi connectivity index (χ1v) is 6.75. The Morgan fingerprint density at radius 2 is 1.90 bits per heavy atom. The summed E-state index contributed by atoms with van der Waals surface area (Å²) in [6.07, 6.45) is 1.78. The summed E-state index contributed by atoms with van der Waals surface area (Å²) in [7, 11) is 0. The molecule has 2 aromatic heterocycles. The van der Waals surface area contributed by atoms with Gasteiger partial charge in [0.2, 0.25) is 0 Å². The van der Waals surface area contributed by atoms with Crippen molar-refractivity contribution in [2.45, 2.75) is 20.8 Å². The second-order valence-corrected chi connectivity index (χ2v) is 5.11. The molecule has 0 saturated carbocycles. The van der Waals surface area contributed by atoms with E-state index in [0.29, 0.717) is 17.1 Å². The molecule has 1 aromatic carbocycles. The van der Waals surface area contributed by atoms with E-state index in [4.69, 9.17) is 0 Å². The fourth-order valence-corrected chi connectivity index (χ4v) is 2.35. The molecule has 1 N–H and O–H groups in total. The minimum Gasteiger partial charge on any atom is -0.321 e. The van der Waals surface area contributed by atoms with Gasteiger partial charge in [-0.2, -0.15) is 5.10 Å². The Morgan fingerprint density at radius 3 is 2.67 bits per heavy atom.